The Labute approximate surface area is 224 Å². The molecule has 0 saturated carbocycles. The maximum Gasteiger partial charge on any atom is 0.264 e. The Kier molecular flexibility index (Phi) is 6.96. The SMILES string of the molecule is COc1cc2nccc(Oc3ccc(-c4c(C)cn(Cc5ccccc5)c(=O)c4C(N)=O)nc3)c2cc1OC. The maximum absolute atomic E-state index is 13.3. The van der Waals surface area contributed by atoms with Crippen LogP contribution >= 0.6 is 0 Å². The molecule has 3 heterocycles. The minimum Gasteiger partial charge on any atom is -0.493 e. The highest BCUT2D eigenvalue weighted by molar-refractivity contribution is 5.99. The highest BCUT2D eigenvalue weighted by atomic mass is 16.5. The fraction of sp³-hybridized carbons (Fsp3) is 0.133. The van der Waals surface area contributed by atoms with Gasteiger partial charge in [-0.2, -0.15) is 0 Å². The maximum atomic E-state index is 13.3. The first-order valence-electron chi connectivity index (χ1n) is 12.1. The molecule has 0 atom stereocenters. The van der Waals surface area contributed by atoms with Gasteiger partial charge in [0.15, 0.2) is 11.5 Å². The molecule has 0 aliphatic rings. The number of hydrogen-bond donors (Lipinski definition) is 1. The number of benzene rings is 2. The summed E-state index contributed by atoms with van der Waals surface area (Å²) in [6.07, 6.45) is 4.88. The quantitative estimate of drug-likeness (QED) is 0.313. The van der Waals surface area contributed by atoms with Crippen molar-refractivity contribution in [1.82, 2.24) is 14.5 Å². The summed E-state index contributed by atoms with van der Waals surface area (Å²) in [5.74, 6) is 1.31. The van der Waals surface area contributed by atoms with Crippen molar-refractivity contribution in [3.8, 4) is 34.3 Å². The van der Waals surface area contributed by atoms with Crippen LogP contribution in [-0.2, 0) is 6.54 Å². The summed E-state index contributed by atoms with van der Waals surface area (Å²) in [5.41, 5.74) is 8.24. The number of nitrogens with zero attached hydrogens (tertiary/aromatic N) is 3. The van der Waals surface area contributed by atoms with Gasteiger partial charge in [0.05, 0.1) is 38.2 Å². The Morgan fingerprint density at radius 1 is 0.949 bits per heavy atom. The van der Waals surface area contributed by atoms with E-state index in [1.54, 1.807) is 56.9 Å². The summed E-state index contributed by atoms with van der Waals surface area (Å²) >= 11 is 0. The molecule has 3 aromatic heterocycles. The van der Waals surface area contributed by atoms with Gasteiger partial charge in [0.2, 0.25) is 0 Å². The smallest absolute Gasteiger partial charge is 0.264 e. The number of nitrogens with two attached hydrogens (primary N) is 1. The number of hydrogen-bond acceptors (Lipinski definition) is 7. The second-order valence-corrected chi connectivity index (χ2v) is 8.86. The third kappa shape index (κ3) is 5.02. The molecule has 196 valence electrons. The van der Waals surface area contributed by atoms with E-state index in [1.165, 1.54) is 10.8 Å². The van der Waals surface area contributed by atoms with Crippen molar-refractivity contribution in [2.75, 3.05) is 14.2 Å². The van der Waals surface area contributed by atoms with E-state index in [9.17, 15) is 9.59 Å². The van der Waals surface area contributed by atoms with Crippen molar-refractivity contribution >= 4 is 16.8 Å². The molecule has 5 aromatic rings. The van der Waals surface area contributed by atoms with E-state index in [2.05, 4.69) is 9.97 Å². The number of primary amides is 1. The summed E-state index contributed by atoms with van der Waals surface area (Å²) in [4.78, 5) is 34.6. The van der Waals surface area contributed by atoms with E-state index in [-0.39, 0.29) is 5.56 Å². The number of fused-ring (bicyclic) bond motifs is 1. The van der Waals surface area contributed by atoms with E-state index in [0.717, 1.165) is 10.9 Å². The second-order valence-electron chi connectivity index (χ2n) is 8.86. The van der Waals surface area contributed by atoms with E-state index in [4.69, 9.17) is 19.9 Å². The van der Waals surface area contributed by atoms with E-state index < -0.39 is 11.5 Å². The Balaban J connectivity index is 1.49. The first-order chi connectivity index (χ1) is 18.9. The van der Waals surface area contributed by atoms with Crippen molar-refractivity contribution in [3.05, 3.63) is 106 Å². The predicted octanol–water partition coefficient (Wildman–Crippen LogP) is 4.72. The molecule has 0 aliphatic heterocycles. The number of pyridine rings is 3. The minimum absolute atomic E-state index is 0.103. The van der Waals surface area contributed by atoms with Crippen LogP contribution in [0.3, 0.4) is 0 Å². The fourth-order valence-electron chi connectivity index (χ4n) is 4.51. The monoisotopic (exact) mass is 522 g/mol. The Morgan fingerprint density at radius 3 is 2.36 bits per heavy atom. The Hall–Kier alpha value is -5.18. The fourth-order valence-corrected chi connectivity index (χ4v) is 4.51. The van der Waals surface area contributed by atoms with Gasteiger partial charge >= 0.3 is 0 Å². The number of aromatic nitrogens is 3. The van der Waals surface area contributed by atoms with Gasteiger partial charge in [0.25, 0.3) is 11.5 Å². The van der Waals surface area contributed by atoms with Gasteiger partial charge in [-0.1, -0.05) is 30.3 Å². The molecule has 2 N–H and O–H groups in total. The van der Waals surface area contributed by atoms with Crippen LogP contribution < -0.4 is 25.5 Å². The van der Waals surface area contributed by atoms with Crippen molar-refractivity contribution in [1.29, 1.82) is 0 Å². The number of ether oxygens (including phenoxy) is 3. The molecule has 0 fully saturated rings. The van der Waals surface area contributed by atoms with Gasteiger partial charge in [-0.15, -0.1) is 0 Å². The summed E-state index contributed by atoms with van der Waals surface area (Å²) in [7, 11) is 3.12. The molecule has 9 heteroatoms. The molecule has 1 amide bonds. The van der Waals surface area contributed by atoms with Gasteiger partial charge in [0, 0.05) is 29.4 Å². The number of carbonyl (C=O) groups is 1. The lowest BCUT2D eigenvalue weighted by molar-refractivity contribution is 0.0999. The largest absolute Gasteiger partial charge is 0.493 e. The predicted molar refractivity (Wildman–Crippen MR) is 148 cm³/mol. The van der Waals surface area contributed by atoms with E-state index >= 15 is 0 Å². The lowest BCUT2D eigenvalue weighted by Gasteiger charge is -2.15. The number of amides is 1. The number of methoxy groups -OCH3 is 2. The third-order valence-corrected chi connectivity index (χ3v) is 6.34. The van der Waals surface area contributed by atoms with Crippen LogP contribution in [0.1, 0.15) is 21.5 Å². The standard InChI is InChI=1S/C30H26N4O5/c1-18-16-34(17-19-7-5-4-6-8-19)30(36)28(29(31)35)27(18)22-10-9-20(15-33-22)39-24-11-12-32-23-14-26(38-3)25(37-2)13-21(23)24/h4-16H,17H2,1-3H3,(H2,31,35). The number of rotatable bonds is 8. The lowest BCUT2D eigenvalue weighted by atomic mass is 10.00. The van der Waals surface area contributed by atoms with Crippen LogP contribution in [0.4, 0.5) is 0 Å². The van der Waals surface area contributed by atoms with Gasteiger partial charge in [-0.05, 0) is 42.3 Å². The van der Waals surface area contributed by atoms with Crippen LogP contribution in [-0.4, -0.2) is 34.7 Å². The van der Waals surface area contributed by atoms with Crippen LogP contribution in [0.2, 0.25) is 0 Å². The second kappa shape index (κ2) is 10.7. The van der Waals surface area contributed by atoms with Gasteiger partial charge in [0.1, 0.15) is 17.1 Å². The first-order valence-corrected chi connectivity index (χ1v) is 12.1. The molecule has 0 spiro atoms. The van der Waals surface area contributed by atoms with Crippen LogP contribution in [0.5, 0.6) is 23.0 Å². The molecule has 0 aliphatic carbocycles. The molecule has 0 saturated heterocycles. The van der Waals surface area contributed by atoms with Crippen molar-refractivity contribution < 1.29 is 19.0 Å². The molecular weight excluding hydrogens is 496 g/mol. The molecule has 9 nitrogen and oxygen atoms in total. The van der Waals surface area contributed by atoms with Crippen molar-refractivity contribution in [2.45, 2.75) is 13.5 Å². The van der Waals surface area contributed by atoms with Gasteiger partial charge in [-0.3, -0.25) is 19.6 Å². The van der Waals surface area contributed by atoms with Crippen LogP contribution in [0, 0.1) is 6.92 Å². The van der Waals surface area contributed by atoms with E-state index in [0.29, 0.717) is 51.9 Å². The number of aryl methyl sites for hydroxylation is 1. The summed E-state index contributed by atoms with van der Waals surface area (Å²) < 4.78 is 18.4. The minimum atomic E-state index is -0.810. The zero-order valence-corrected chi connectivity index (χ0v) is 21.7. The van der Waals surface area contributed by atoms with Gasteiger partial charge < -0.3 is 24.5 Å². The summed E-state index contributed by atoms with van der Waals surface area (Å²) in [6, 6.07) is 18.2. The zero-order chi connectivity index (χ0) is 27.5. The summed E-state index contributed by atoms with van der Waals surface area (Å²) in [5, 5.41) is 0.730. The average Bonchev–Trinajstić information content (AvgIpc) is 2.95. The van der Waals surface area contributed by atoms with Crippen LogP contribution in [0.25, 0.3) is 22.2 Å². The molecule has 5 rings (SSSR count). The lowest BCUT2D eigenvalue weighted by Crippen LogP contribution is -2.31. The number of carbonyl (C=O) groups excluding carboxylic acids is 1. The molecule has 0 unspecified atom stereocenters. The highest BCUT2D eigenvalue weighted by Crippen LogP contribution is 2.37. The molecular formula is C30H26N4O5. The van der Waals surface area contributed by atoms with Gasteiger partial charge in [-0.25, -0.2) is 0 Å². The molecule has 0 bridgehead atoms. The topological polar surface area (TPSA) is 119 Å². The summed E-state index contributed by atoms with van der Waals surface area (Å²) in [6.45, 7) is 2.14. The third-order valence-electron chi connectivity index (χ3n) is 6.34. The Bertz CT molecular complexity index is 1730. The van der Waals surface area contributed by atoms with Crippen molar-refractivity contribution in [3.63, 3.8) is 0 Å². The van der Waals surface area contributed by atoms with Crippen molar-refractivity contribution in [2.24, 2.45) is 5.73 Å². The van der Waals surface area contributed by atoms with Crippen LogP contribution in [0.15, 0.2) is 84.0 Å². The average molecular weight is 523 g/mol. The zero-order valence-electron chi connectivity index (χ0n) is 21.7. The first kappa shape index (κ1) is 25.5. The molecule has 0 radical (unpaired) electrons. The van der Waals surface area contributed by atoms with E-state index in [1.807, 2.05) is 37.3 Å². The Morgan fingerprint density at radius 2 is 1.69 bits per heavy atom. The molecule has 39 heavy (non-hydrogen) atoms. The highest BCUT2D eigenvalue weighted by Gasteiger charge is 2.21. The molecule has 2 aromatic carbocycles. The normalized spacial score (nSPS) is 10.8.